The molecule has 0 unspecified atom stereocenters. The van der Waals surface area contributed by atoms with Crippen molar-refractivity contribution in [1.82, 2.24) is 5.43 Å². The topological polar surface area (TPSA) is 26.5 Å². The smallest absolute Gasteiger partial charge is 0.108 e. The summed E-state index contributed by atoms with van der Waals surface area (Å²) in [6.07, 6.45) is 1.78. The van der Waals surface area contributed by atoms with Gasteiger partial charge < -0.3 is 0 Å². The SMILES string of the molecule is Ic1cccc2c1[N]N=C2. The van der Waals surface area contributed by atoms with Crippen LogP contribution in [0.5, 0.6) is 0 Å². The average molecular weight is 243 g/mol. The summed E-state index contributed by atoms with van der Waals surface area (Å²) in [6.45, 7) is 0. The first-order valence-electron chi connectivity index (χ1n) is 2.90. The highest BCUT2D eigenvalue weighted by Gasteiger charge is 2.09. The molecule has 1 radical (unpaired) electrons. The fourth-order valence-corrected chi connectivity index (χ4v) is 1.52. The quantitative estimate of drug-likeness (QED) is 0.622. The van der Waals surface area contributed by atoms with Gasteiger partial charge in [0.05, 0.1) is 6.21 Å². The van der Waals surface area contributed by atoms with E-state index in [1.165, 1.54) is 0 Å². The molecule has 1 aromatic rings. The lowest BCUT2D eigenvalue weighted by Crippen LogP contribution is -1.85. The summed E-state index contributed by atoms with van der Waals surface area (Å²) in [6, 6.07) is 6.04. The van der Waals surface area contributed by atoms with Crippen LogP contribution in [0.4, 0.5) is 5.69 Å². The van der Waals surface area contributed by atoms with Gasteiger partial charge in [0, 0.05) is 9.13 Å². The zero-order valence-corrected chi connectivity index (χ0v) is 7.24. The molecule has 0 amide bonds. The van der Waals surface area contributed by atoms with E-state index in [1.54, 1.807) is 6.21 Å². The van der Waals surface area contributed by atoms with Crippen LogP contribution in [0.1, 0.15) is 5.56 Å². The second kappa shape index (κ2) is 2.23. The van der Waals surface area contributed by atoms with Gasteiger partial charge in [0.25, 0.3) is 0 Å². The van der Waals surface area contributed by atoms with Crippen LogP contribution in [0.25, 0.3) is 0 Å². The molecule has 1 aliphatic rings. The molecule has 1 aliphatic heterocycles. The Morgan fingerprint density at radius 1 is 1.30 bits per heavy atom. The fourth-order valence-electron chi connectivity index (χ4n) is 0.890. The summed E-state index contributed by atoms with van der Waals surface area (Å²) in [5.74, 6) is 0. The standard InChI is InChI=1S/C7H4IN2/c8-6-3-1-2-5-4-9-10-7(5)6/h1-4H. The van der Waals surface area contributed by atoms with Gasteiger partial charge in [-0.3, -0.25) is 0 Å². The van der Waals surface area contributed by atoms with Crippen LogP contribution in [-0.2, 0) is 0 Å². The van der Waals surface area contributed by atoms with Crippen molar-refractivity contribution in [3.63, 3.8) is 0 Å². The summed E-state index contributed by atoms with van der Waals surface area (Å²) >= 11 is 2.25. The summed E-state index contributed by atoms with van der Waals surface area (Å²) in [4.78, 5) is 0. The second-order valence-corrected chi connectivity index (χ2v) is 3.18. The van der Waals surface area contributed by atoms with E-state index in [1.807, 2.05) is 18.2 Å². The van der Waals surface area contributed by atoms with E-state index in [0.29, 0.717) is 0 Å². The van der Waals surface area contributed by atoms with Crippen molar-refractivity contribution in [2.75, 3.05) is 0 Å². The molecule has 0 N–H and O–H groups in total. The molecule has 0 bridgehead atoms. The van der Waals surface area contributed by atoms with Gasteiger partial charge in [0.1, 0.15) is 5.69 Å². The van der Waals surface area contributed by atoms with E-state index in [2.05, 4.69) is 33.1 Å². The largest absolute Gasteiger partial charge is 0.158 e. The predicted octanol–water partition coefficient (Wildman–Crippen LogP) is 1.87. The van der Waals surface area contributed by atoms with Crippen LogP contribution < -0.4 is 5.43 Å². The summed E-state index contributed by atoms with van der Waals surface area (Å²) < 4.78 is 1.16. The normalized spacial score (nSPS) is 12.9. The second-order valence-electron chi connectivity index (χ2n) is 2.02. The number of fused-ring (bicyclic) bond motifs is 1. The molecular formula is C7H4IN2. The zero-order valence-electron chi connectivity index (χ0n) is 5.08. The fraction of sp³-hybridized carbons (Fsp3) is 0. The molecule has 0 aromatic heterocycles. The lowest BCUT2D eigenvalue weighted by Gasteiger charge is -1.95. The van der Waals surface area contributed by atoms with Gasteiger partial charge in [-0.05, 0) is 28.7 Å². The van der Waals surface area contributed by atoms with Gasteiger partial charge in [-0.25, -0.2) is 0 Å². The minimum absolute atomic E-state index is 1.00. The van der Waals surface area contributed by atoms with Crippen LogP contribution in [0.15, 0.2) is 23.3 Å². The van der Waals surface area contributed by atoms with Gasteiger partial charge in [-0.15, -0.1) is 5.43 Å². The molecular weight excluding hydrogens is 239 g/mol. The molecule has 3 heteroatoms. The van der Waals surface area contributed by atoms with Crippen LogP contribution in [0, 0.1) is 3.57 Å². The van der Waals surface area contributed by atoms with Gasteiger partial charge >= 0.3 is 0 Å². The van der Waals surface area contributed by atoms with Gasteiger partial charge in [0.2, 0.25) is 0 Å². The van der Waals surface area contributed by atoms with Crippen molar-refractivity contribution >= 4 is 34.5 Å². The Morgan fingerprint density at radius 2 is 2.20 bits per heavy atom. The lowest BCUT2D eigenvalue weighted by atomic mass is 10.2. The molecule has 0 spiro atoms. The summed E-state index contributed by atoms with van der Waals surface area (Å²) in [5, 5.41) is 3.81. The molecule has 2 nitrogen and oxygen atoms in total. The van der Waals surface area contributed by atoms with Gasteiger partial charge in [0.15, 0.2) is 0 Å². The molecule has 2 rings (SSSR count). The maximum Gasteiger partial charge on any atom is 0.108 e. The van der Waals surface area contributed by atoms with E-state index in [9.17, 15) is 0 Å². The van der Waals surface area contributed by atoms with E-state index in [0.717, 1.165) is 14.8 Å². The van der Waals surface area contributed by atoms with E-state index in [-0.39, 0.29) is 0 Å². The van der Waals surface area contributed by atoms with E-state index < -0.39 is 0 Å². The highest BCUT2D eigenvalue weighted by atomic mass is 127. The number of benzene rings is 1. The molecule has 0 fully saturated rings. The Bertz CT molecular complexity index is 294. The van der Waals surface area contributed by atoms with E-state index in [4.69, 9.17) is 0 Å². The van der Waals surface area contributed by atoms with Crippen LogP contribution in [-0.4, -0.2) is 6.21 Å². The third kappa shape index (κ3) is 0.811. The zero-order chi connectivity index (χ0) is 6.97. The third-order valence-electron chi connectivity index (χ3n) is 1.37. The highest BCUT2D eigenvalue weighted by Crippen LogP contribution is 2.24. The van der Waals surface area contributed by atoms with Crippen molar-refractivity contribution in [3.05, 3.63) is 27.3 Å². The Morgan fingerprint density at radius 3 is 3.00 bits per heavy atom. The monoisotopic (exact) mass is 243 g/mol. The summed E-state index contributed by atoms with van der Waals surface area (Å²) in [7, 11) is 0. The molecule has 10 heavy (non-hydrogen) atoms. The molecule has 0 saturated carbocycles. The average Bonchev–Trinajstić information content (AvgIpc) is 2.36. The molecule has 1 aromatic carbocycles. The van der Waals surface area contributed by atoms with Crippen LogP contribution in [0.2, 0.25) is 0 Å². The van der Waals surface area contributed by atoms with Crippen molar-refractivity contribution in [1.29, 1.82) is 0 Å². The van der Waals surface area contributed by atoms with Crippen LogP contribution in [0.3, 0.4) is 0 Å². The maximum absolute atomic E-state index is 3.96. The highest BCUT2D eigenvalue weighted by molar-refractivity contribution is 14.1. The Kier molecular flexibility index (Phi) is 1.37. The minimum Gasteiger partial charge on any atom is -0.158 e. The number of hydrogen-bond donors (Lipinski definition) is 0. The number of nitrogens with zero attached hydrogens (tertiary/aromatic N) is 2. The Balaban J connectivity index is 2.66. The van der Waals surface area contributed by atoms with Gasteiger partial charge in [-0.2, -0.15) is 5.10 Å². The van der Waals surface area contributed by atoms with Crippen molar-refractivity contribution in [2.45, 2.75) is 0 Å². The molecule has 0 saturated heterocycles. The van der Waals surface area contributed by atoms with Crippen molar-refractivity contribution in [2.24, 2.45) is 5.10 Å². The maximum atomic E-state index is 3.96. The Hall–Kier alpha value is -0.580. The first kappa shape index (κ1) is 6.15. The third-order valence-corrected chi connectivity index (χ3v) is 2.24. The van der Waals surface area contributed by atoms with E-state index >= 15 is 0 Å². The number of halogens is 1. The predicted molar refractivity (Wildman–Crippen MR) is 48.5 cm³/mol. The van der Waals surface area contributed by atoms with Gasteiger partial charge in [-0.1, -0.05) is 12.1 Å². The van der Waals surface area contributed by atoms with Crippen molar-refractivity contribution < 1.29 is 0 Å². The summed E-state index contributed by atoms with van der Waals surface area (Å²) in [5.41, 5.74) is 6.08. The number of hydrogen-bond acceptors (Lipinski definition) is 1. The first-order valence-corrected chi connectivity index (χ1v) is 3.98. The van der Waals surface area contributed by atoms with Crippen LogP contribution >= 0.6 is 22.6 Å². The molecule has 0 aliphatic carbocycles. The number of rotatable bonds is 0. The first-order chi connectivity index (χ1) is 4.88. The minimum atomic E-state index is 1.00. The molecule has 49 valence electrons. The Labute approximate surface area is 72.5 Å². The lowest BCUT2D eigenvalue weighted by molar-refractivity contribution is 0.986. The molecule has 1 heterocycles. The van der Waals surface area contributed by atoms with Crippen molar-refractivity contribution in [3.8, 4) is 0 Å². The molecule has 0 atom stereocenters.